The van der Waals surface area contributed by atoms with E-state index in [4.69, 9.17) is 4.74 Å². The summed E-state index contributed by atoms with van der Waals surface area (Å²) in [5, 5.41) is 2.25. The molecule has 0 atom stereocenters. The van der Waals surface area contributed by atoms with Crippen molar-refractivity contribution in [3.8, 4) is 5.75 Å². The molecule has 1 aromatic carbocycles. The van der Waals surface area contributed by atoms with Gasteiger partial charge >= 0.3 is 0 Å². The molecule has 0 N–H and O–H groups in total. The second kappa shape index (κ2) is 3.58. The largest absolute Gasteiger partial charge is 0.497 e. The summed E-state index contributed by atoms with van der Waals surface area (Å²) >= 11 is 3.44. The number of rotatable bonds is 1. The van der Waals surface area contributed by atoms with E-state index in [1.54, 1.807) is 7.11 Å². The number of methoxy groups -OCH3 is 1. The van der Waals surface area contributed by atoms with Crippen molar-refractivity contribution in [2.45, 2.75) is 6.92 Å². The summed E-state index contributed by atoms with van der Waals surface area (Å²) in [6.45, 7) is 1.98. The zero-order valence-electron chi connectivity index (χ0n) is 8.04. The Kier molecular flexibility index (Phi) is 2.42. The van der Waals surface area contributed by atoms with Gasteiger partial charge in [0.1, 0.15) is 10.4 Å². The van der Waals surface area contributed by atoms with Crippen LogP contribution in [-0.4, -0.2) is 12.1 Å². The van der Waals surface area contributed by atoms with E-state index >= 15 is 0 Å². The third-order valence-electron chi connectivity index (χ3n) is 2.12. The van der Waals surface area contributed by atoms with Gasteiger partial charge in [-0.2, -0.15) is 0 Å². The quantitative estimate of drug-likeness (QED) is 0.726. The number of fused-ring (bicyclic) bond motifs is 1. The molecule has 1 heterocycles. The second-order valence-corrected chi connectivity index (χ2v) is 3.89. The second-order valence-electron chi connectivity index (χ2n) is 3.14. The number of aromatic nitrogens is 1. The van der Waals surface area contributed by atoms with Gasteiger partial charge in [-0.05, 0) is 46.4 Å². The molecule has 14 heavy (non-hydrogen) atoms. The summed E-state index contributed by atoms with van der Waals surface area (Å²) in [6.07, 6.45) is 0. The van der Waals surface area contributed by atoms with Gasteiger partial charge < -0.3 is 4.74 Å². The lowest BCUT2D eigenvalue weighted by atomic mass is 10.1. The first-order valence-corrected chi connectivity index (χ1v) is 5.11. The van der Waals surface area contributed by atoms with E-state index in [1.807, 2.05) is 25.1 Å². The van der Waals surface area contributed by atoms with Gasteiger partial charge in [-0.15, -0.1) is 0 Å². The van der Waals surface area contributed by atoms with Crippen molar-refractivity contribution in [2.24, 2.45) is 0 Å². The van der Waals surface area contributed by atoms with Gasteiger partial charge in [0.2, 0.25) is 0 Å². The topological polar surface area (TPSA) is 22.1 Å². The lowest BCUT2D eigenvalue weighted by Gasteiger charge is -2.04. The zero-order valence-corrected chi connectivity index (χ0v) is 9.63. The van der Waals surface area contributed by atoms with E-state index < -0.39 is 0 Å². The molecule has 0 aliphatic heterocycles. The first-order chi connectivity index (χ1) is 6.70. The van der Waals surface area contributed by atoms with Crippen LogP contribution in [-0.2, 0) is 0 Å². The van der Waals surface area contributed by atoms with Gasteiger partial charge in [0, 0.05) is 11.1 Å². The Bertz CT molecular complexity index is 482. The van der Waals surface area contributed by atoms with E-state index in [0.29, 0.717) is 0 Å². The van der Waals surface area contributed by atoms with Crippen LogP contribution in [0.4, 0.5) is 0 Å². The van der Waals surface area contributed by atoms with Crippen molar-refractivity contribution >= 4 is 26.7 Å². The highest BCUT2D eigenvalue weighted by atomic mass is 79.9. The molecule has 0 aliphatic rings. The number of aryl methyl sites for hydroxylation is 1. The average molecular weight is 252 g/mol. The van der Waals surface area contributed by atoms with Crippen LogP contribution in [0.25, 0.3) is 10.8 Å². The maximum atomic E-state index is 5.16. The highest BCUT2D eigenvalue weighted by Gasteiger charge is 2.02. The first kappa shape index (κ1) is 9.46. The van der Waals surface area contributed by atoms with Gasteiger partial charge in [0.15, 0.2) is 0 Å². The molecular formula is C11H10BrNO. The highest BCUT2D eigenvalue weighted by molar-refractivity contribution is 9.10. The van der Waals surface area contributed by atoms with Gasteiger partial charge in [0.05, 0.1) is 7.11 Å². The monoisotopic (exact) mass is 251 g/mol. The van der Waals surface area contributed by atoms with Crippen LogP contribution < -0.4 is 4.74 Å². The third kappa shape index (κ3) is 1.60. The number of hydrogen-bond acceptors (Lipinski definition) is 2. The fourth-order valence-electron chi connectivity index (χ4n) is 1.44. The van der Waals surface area contributed by atoms with Gasteiger partial charge in [-0.25, -0.2) is 4.98 Å². The molecule has 0 aliphatic carbocycles. The van der Waals surface area contributed by atoms with E-state index in [1.165, 1.54) is 5.39 Å². The molecule has 0 bridgehead atoms. The number of hydrogen-bond donors (Lipinski definition) is 0. The maximum Gasteiger partial charge on any atom is 0.119 e. The van der Waals surface area contributed by atoms with Crippen LogP contribution in [0.1, 0.15) is 5.69 Å². The van der Waals surface area contributed by atoms with Crippen molar-refractivity contribution < 1.29 is 4.74 Å². The normalized spacial score (nSPS) is 10.5. The van der Waals surface area contributed by atoms with Crippen LogP contribution in [0.5, 0.6) is 5.75 Å². The number of benzene rings is 1. The minimum Gasteiger partial charge on any atom is -0.497 e. The molecule has 2 nitrogen and oxygen atoms in total. The van der Waals surface area contributed by atoms with Gasteiger partial charge in [-0.3, -0.25) is 0 Å². The molecular weight excluding hydrogens is 242 g/mol. The molecule has 0 radical (unpaired) electrons. The SMILES string of the molecule is COc1ccc2cc(C)nc(Br)c2c1. The van der Waals surface area contributed by atoms with Crippen LogP contribution in [0, 0.1) is 6.92 Å². The van der Waals surface area contributed by atoms with Crippen LogP contribution in [0.3, 0.4) is 0 Å². The smallest absolute Gasteiger partial charge is 0.119 e. The fourth-order valence-corrected chi connectivity index (χ4v) is 2.06. The van der Waals surface area contributed by atoms with Gasteiger partial charge in [0.25, 0.3) is 0 Å². The molecule has 72 valence electrons. The molecule has 0 spiro atoms. The summed E-state index contributed by atoms with van der Waals surface area (Å²) in [5.74, 6) is 0.851. The zero-order chi connectivity index (χ0) is 10.1. The molecule has 0 saturated heterocycles. The minimum absolute atomic E-state index is 0.851. The molecule has 0 saturated carbocycles. The van der Waals surface area contributed by atoms with Crippen molar-refractivity contribution in [3.05, 3.63) is 34.6 Å². The van der Waals surface area contributed by atoms with Crippen LogP contribution in [0.15, 0.2) is 28.9 Å². The first-order valence-electron chi connectivity index (χ1n) is 4.31. The van der Waals surface area contributed by atoms with Gasteiger partial charge in [-0.1, -0.05) is 6.07 Å². The summed E-state index contributed by atoms with van der Waals surface area (Å²) in [4.78, 5) is 4.34. The average Bonchev–Trinajstić information content (AvgIpc) is 2.17. The fraction of sp³-hybridized carbons (Fsp3) is 0.182. The van der Waals surface area contributed by atoms with E-state index in [9.17, 15) is 0 Å². The Hall–Kier alpha value is -1.09. The molecule has 2 rings (SSSR count). The van der Waals surface area contributed by atoms with E-state index in [2.05, 4.69) is 27.0 Å². The number of nitrogens with zero attached hydrogens (tertiary/aromatic N) is 1. The Morgan fingerprint density at radius 1 is 1.29 bits per heavy atom. The Labute approximate surface area is 91.0 Å². The van der Waals surface area contributed by atoms with Crippen molar-refractivity contribution in [1.82, 2.24) is 4.98 Å². The number of ether oxygens (including phenoxy) is 1. The summed E-state index contributed by atoms with van der Waals surface area (Å²) < 4.78 is 6.03. The molecule has 3 heteroatoms. The van der Waals surface area contributed by atoms with Crippen LogP contribution in [0.2, 0.25) is 0 Å². The number of halogens is 1. The maximum absolute atomic E-state index is 5.16. The predicted molar refractivity (Wildman–Crippen MR) is 60.7 cm³/mol. The standard InChI is InChI=1S/C11H10BrNO/c1-7-5-8-3-4-9(14-2)6-10(8)11(12)13-7/h3-6H,1-2H3. The minimum atomic E-state index is 0.851. The summed E-state index contributed by atoms with van der Waals surface area (Å²) in [6, 6.07) is 8.02. The molecule has 1 aromatic heterocycles. The lowest BCUT2D eigenvalue weighted by Crippen LogP contribution is -1.87. The molecule has 0 fully saturated rings. The highest BCUT2D eigenvalue weighted by Crippen LogP contribution is 2.26. The van der Waals surface area contributed by atoms with Crippen molar-refractivity contribution in [3.63, 3.8) is 0 Å². The summed E-state index contributed by atoms with van der Waals surface area (Å²) in [7, 11) is 1.66. The van der Waals surface area contributed by atoms with Crippen molar-refractivity contribution in [1.29, 1.82) is 0 Å². The molecule has 0 unspecified atom stereocenters. The predicted octanol–water partition coefficient (Wildman–Crippen LogP) is 3.31. The Morgan fingerprint density at radius 3 is 2.79 bits per heavy atom. The molecule has 0 amide bonds. The third-order valence-corrected chi connectivity index (χ3v) is 2.73. The van der Waals surface area contributed by atoms with Crippen LogP contribution >= 0.6 is 15.9 Å². The Morgan fingerprint density at radius 2 is 2.07 bits per heavy atom. The van der Waals surface area contributed by atoms with E-state index in [-0.39, 0.29) is 0 Å². The van der Waals surface area contributed by atoms with Crippen molar-refractivity contribution in [2.75, 3.05) is 7.11 Å². The molecule has 2 aromatic rings. The summed E-state index contributed by atoms with van der Waals surface area (Å²) in [5.41, 5.74) is 1.01. The Balaban J connectivity index is 2.75. The lowest BCUT2D eigenvalue weighted by molar-refractivity contribution is 0.415. The number of pyridine rings is 1. The van der Waals surface area contributed by atoms with E-state index in [0.717, 1.165) is 21.4 Å².